The molecule has 0 amide bonds. The molecular formula is C10H18N4O. The van der Waals surface area contributed by atoms with Gasteiger partial charge in [0, 0.05) is 18.8 Å². The number of aliphatic hydroxyl groups is 1. The Hall–Kier alpha value is -1.36. The van der Waals surface area contributed by atoms with E-state index < -0.39 is 0 Å². The minimum atomic E-state index is 0.151. The largest absolute Gasteiger partial charge is 0.396 e. The molecule has 1 aromatic rings. The van der Waals surface area contributed by atoms with E-state index in [0.29, 0.717) is 24.1 Å². The number of aromatic nitrogens is 2. The van der Waals surface area contributed by atoms with Gasteiger partial charge in [0.25, 0.3) is 0 Å². The van der Waals surface area contributed by atoms with Gasteiger partial charge in [0.05, 0.1) is 0 Å². The zero-order chi connectivity index (χ0) is 11.3. The molecule has 15 heavy (non-hydrogen) atoms. The van der Waals surface area contributed by atoms with Crippen LogP contribution in [0.3, 0.4) is 0 Å². The number of nitrogens with zero attached hydrogens (tertiary/aromatic N) is 2. The van der Waals surface area contributed by atoms with Crippen LogP contribution in [0.15, 0.2) is 12.3 Å². The number of nitrogens with one attached hydrogen (secondary N) is 1. The van der Waals surface area contributed by atoms with Crippen molar-refractivity contribution in [2.45, 2.75) is 26.3 Å². The molecule has 0 aliphatic heterocycles. The van der Waals surface area contributed by atoms with Crippen molar-refractivity contribution in [3.63, 3.8) is 0 Å². The first-order valence-corrected chi connectivity index (χ1v) is 5.09. The van der Waals surface area contributed by atoms with Crippen molar-refractivity contribution < 1.29 is 5.11 Å². The minimum absolute atomic E-state index is 0.151. The highest BCUT2D eigenvalue weighted by molar-refractivity contribution is 5.35. The van der Waals surface area contributed by atoms with Crippen molar-refractivity contribution in [3.8, 4) is 0 Å². The van der Waals surface area contributed by atoms with Gasteiger partial charge in [-0.05, 0) is 18.4 Å². The fourth-order valence-corrected chi connectivity index (χ4v) is 1.32. The molecule has 0 spiro atoms. The summed E-state index contributed by atoms with van der Waals surface area (Å²) in [5.41, 5.74) is 5.54. The summed E-state index contributed by atoms with van der Waals surface area (Å²) in [4.78, 5) is 8.11. The first-order valence-electron chi connectivity index (χ1n) is 5.09. The smallest absolute Gasteiger partial charge is 0.224 e. The molecule has 0 bridgehead atoms. The number of anilines is 2. The lowest BCUT2D eigenvalue weighted by Crippen LogP contribution is -2.27. The predicted octanol–water partition coefficient (Wildman–Crippen LogP) is 0.878. The minimum Gasteiger partial charge on any atom is -0.396 e. The van der Waals surface area contributed by atoms with Gasteiger partial charge in [-0.3, -0.25) is 0 Å². The maximum atomic E-state index is 8.91. The summed E-state index contributed by atoms with van der Waals surface area (Å²) in [5.74, 6) is 1.36. The number of aliphatic hydroxyl groups excluding tert-OH is 1. The molecule has 1 unspecified atom stereocenters. The Morgan fingerprint density at radius 3 is 2.80 bits per heavy atom. The van der Waals surface area contributed by atoms with E-state index in [0.717, 1.165) is 0 Å². The summed E-state index contributed by atoms with van der Waals surface area (Å²) >= 11 is 0. The van der Waals surface area contributed by atoms with E-state index in [1.54, 1.807) is 12.3 Å². The van der Waals surface area contributed by atoms with Crippen LogP contribution < -0.4 is 11.1 Å². The van der Waals surface area contributed by atoms with Gasteiger partial charge >= 0.3 is 0 Å². The van der Waals surface area contributed by atoms with Gasteiger partial charge in [0.15, 0.2) is 0 Å². The van der Waals surface area contributed by atoms with Crippen molar-refractivity contribution in [1.82, 2.24) is 9.97 Å². The van der Waals surface area contributed by atoms with Crippen molar-refractivity contribution in [3.05, 3.63) is 12.3 Å². The standard InChI is InChI=1S/C10H18N4O/c1-7(2)8(4-6-15)13-10-12-5-3-9(11)14-10/h3,5,7-8,15H,4,6H2,1-2H3,(H3,11,12,13,14). The lowest BCUT2D eigenvalue weighted by molar-refractivity contribution is 0.267. The average Bonchev–Trinajstić information content (AvgIpc) is 2.17. The molecule has 1 heterocycles. The van der Waals surface area contributed by atoms with Crippen molar-refractivity contribution in [2.24, 2.45) is 5.92 Å². The Kier molecular flexibility index (Phi) is 4.30. The first kappa shape index (κ1) is 11.7. The van der Waals surface area contributed by atoms with Gasteiger partial charge in [-0.25, -0.2) is 4.98 Å². The molecule has 1 rings (SSSR count). The second kappa shape index (κ2) is 5.50. The third-order valence-corrected chi connectivity index (χ3v) is 2.24. The fourth-order valence-electron chi connectivity index (χ4n) is 1.32. The number of hydrogen-bond donors (Lipinski definition) is 3. The SMILES string of the molecule is CC(C)C(CCO)Nc1nccc(N)n1. The Bertz CT molecular complexity index is 303. The highest BCUT2D eigenvalue weighted by atomic mass is 16.3. The van der Waals surface area contributed by atoms with Gasteiger partial charge in [-0.15, -0.1) is 0 Å². The molecule has 5 heteroatoms. The molecule has 0 radical (unpaired) electrons. The summed E-state index contributed by atoms with van der Waals surface area (Å²) in [6.07, 6.45) is 2.29. The summed E-state index contributed by atoms with van der Waals surface area (Å²) in [5, 5.41) is 12.1. The Morgan fingerprint density at radius 2 is 2.27 bits per heavy atom. The molecule has 1 atom stereocenters. The van der Waals surface area contributed by atoms with E-state index >= 15 is 0 Å². The van der Waals surface area contributed by atoms with Crippen LogP contribution in [0.4, 0.5) is 11.8 Å². The number of hydrogen-bond acceptors (Lipinski definition) is 5. The van der Waals surface area contributed by atoms with Gasteiger partial charge in [-0.2, -0.15) is 4.98 Å². The van der Waals surface area contributed by atoms with Crippen LogP contribution in [0.2, 0.25) is 0 Å². The second-order valence-electron chi connectivity index (χ2n) is 3.81. The maximum Gasteiger partial charge on any atom is 0.224 e. The molecule has 5 nitrogen and oxygen atoms in total. The van der Waals surface area contributed by atoms with Crippen LogP contribution in [0.1, 0.15) is 20.3 Å². The monoisotopic (exact) mass is 210 g/mol. The molecule has 1 aromatic heterocycles. The fraction of sp³-hybridized carbons (Fsp3) is 0.600. The quantitative estimate of drug-likeness (QED) is 0.671. The van der Waals surface area contributed by atoms with E-state index in [-0.39, 0.29) is 12.6 Å². The van der Waals surface area contributed by atoms with Gasteiger partial charge in [0.2, 0.25) is 5.95 Å². The van der Waals surface area contributed by atoms with E-state index in [2.05, 4.69) is 29.1 Å². The van der Waals surface area contributed by atoms with Crippen LogP contribution in [0.5, 0.6) is 0 Å². The molecule has 4 N–H and O–H groups in total. The van der Waals surface area contributed by atoms with E-state index in [1.165, 1.54) is 0 Å². The van der Waals surface area contributed by atoms with E-state index in [4.69, 9.17) is 10.8 Å². The van der Waals surface area contributed by atoms with Gasteiger partial charge in [0.1, 0.15) is 5.82 Å². The van der Waals surface area contributed by atoms with Crippen molar-refractivity contribution in [2.75, 3.05) is 17.7 Å². The van der Waals surface area contributed by atoms with Crippen LogP contribution >= 0.6 is 0 Å². The van der Waals surface area contributed by atoms with Crippen LogP contribution in [0.25, 0.3) is 0 Å². The molecule has 0 saturated carbocycles. The Labute approximate surface area is 89.7 Å². The zero-order valence-corrected chi connectivity index (χ0v) is 9.14. The van der Waals surface area contributed by atoms with Crippen LogP contribution in [-0.4, -0.2) is 27.7 Å². The Morgan fingerprint density at radius 1 is 1.53 bits per heavy atom. The highest BCUT2D eigenvalue weighted by Gasteiger charge is 2.13. The summed E-state index contributed by atoms with van der Waals surface area (Å²) in [7, 11) is 0. The van der Waals surface area contributed by atoms with Crippen LogP contribution in [0, 0.1) is 5.92 Å². The number of rotatable bonds is 5. The third kappa shape index (κ3) is 3.71. The molecule has 0 aromatic carbocycles. The molecule has 0 fully saturated rings. The Balaban J connectivity index is 2.65. The lowest BCUT2D eigenvalue weighted by Gasteiger charge is -2.21. The summed E-state index contributed by atoms with van der Waals surface area (Å²) in [6.45, 7) is 4.32. The van der Waals surface area contributed by atoms with E-state index in [9.17, 15) is 0 Å². The number of nitrogens with two attached hydrogens (primary N) is 1. The van der Waals surface area contributed by atoms with Crippen LogP contribution in [-0.2, 0) is 0 Å². The normalized spacial score (nSPS) is 12.8. The summed E-state index contributed by atoms with van der Waals surface area (Å²) < 4.78 is 0. The van der Waals surface area contributed by atoms with E-state index in [1.807, 2.05) is 0 Å². The third-order valence-electron chi connectivity index (χ3n) is 2.24. The molecular weight excluding hydrogens is 192 g/mol. The molecule has 0 saturated heterocycles. The van der Waals surface area contributed by atoms with Gasteiger partial charge < -0.3 is 16.2 Å². The highest BCUT2D eigenvalue weighted by Crippen LogP contribution is 2.11. The predicted molar refractivity (Wildman–Crippen MR) is 60.4 cm³/mol. The van der Waals surface area contributed by atoms with Crippen molar-refractivity contribution >= 4 is 11.8 Å². The number of nitrogen functional groups attached to an aromatic ring is 1. The molecule has 84 valence electrons. The second-order valence-corrected chi connectivity index (χ2v) is 3.81. The zero-order valence-electron chi connectivity index (χ0n) is 9.14. The summed E-state index contributed by atoms with van der Waals surface area (Å²) in [6, 6.07) is 1.80. The molecule has 0 aliphatic carbocycles. The topological polar surface area (TPSA) is 84.1 Å². The maximum absolute atomic E-state index is 8.91. The first-order chi connectivity index (χ1) is 7.13. The van der Waals surface area contributed by atoms with Gasteiger partial charge in [-0.1, -0.05) is 13.8 Å². The van der Waals surface area contributed by atoms with Crippen molar-refractivity contribution in [1.29, 1.82) is 0 Å². The molecule has 0 aliphatic rings. The lowest BCUT2D eigenvalue weighted by atomic mass is 10.0. The average molecular weight is 210 g/mol.